The van der Waals surface area contributed by atoms with Crippen LogP contribution in [0.5, 0.6) is 0 Å². The maximum absolute atomic E-state index is 6.20. The number of anilines is 1. The minimum Gasteiger partial charge on any atom is -0.419 e. The second-order valence-electron chi connectivity index (χ2n) is 8.58. The van der Waals surface area contributed by atoms with Gasteiger partial charge in [0.05, 0.1) is 0 Å². The maximum Gasteiger partial charge on any atom is 0.247 e. The van der Waals surface area contributed by atoms with E-state index in [1.54, 1.807) is 0 Å². The van der Waals surface area contributed by atoms with Crippen LogP contribution in [0, 0.1) is 13.8 Å². The summed E-state index contributed by atoms with van der Waals surface area (Å²) in [5, 5.41) is 9.49. The van der Waals surface area contributed by atoms with E-state index < -0.39 is 0 Å². The quantitative estimate of drug-likeness (QED) is 0.371. The van der Waals surface area contributed by atoms with Crippen molar-refractivity contribution < 1.29 is 4.42 Å². The average Bonchev–Trinajstić information content (AvgIpc) is 3.31. The van der Waals surface area contributed by atoms with E-state index in [-0.39, 0.29) is 6.04 Å². The van der Waals surface area contributed by atoms with Crippen molar-refractivity contribution in [2.75, 3.05) is 31.1 Å². The molecule has 0 amide bonds. The molecule has 0 aliphatic carbocycles. The van der Waals surface area contributed by atoms with E-state index >= 15 is 0 Å². The topological polar surface area (TPSA) is 45.4 Å². The lowest BCUT2D eigenvalue weighted by atomic mass is 10.0. The predicted molar refractivity (Wildman–Crippen MR) is 133 cm³/mol. The van der Waals surface area contributed by atoms with E-state index in [1.807, 2.05) is 30.3 Å². The molecular weight excluding hydrogens is 432 g/mol. The summed E-state index contributed by atoms with van der Waals surface area (Å²) < 4.78 is 6.20. The van der Waals surface area contributed by atoms with Crippen LogP contribution >= 0.6 is 11.6 Å². The van der Waals surface area contributed by atoms with Crippen molar-refractivity contribution in [3.8, 4) is 11.5 Å². The Bertz CT molecular complexity index is 1210. The molecule has 1 aromatic heterocycles. The first-order valence-corrected chi connectivity index (χ1v) is 11.7. The monoisotopic (exact) mass is 458 g/mol. The number of rotatable bonds is 5. The number of piperazine rings is 1. The van der Waals surface area contributed by atoms with Gasteiger partial charge in [-0.15, -0.1) is 10.2 Å². The highest BCUT2D eigenvalue weighted by molar-refractivity contribution is 6.30. The van der Waals surface area contributed by atoms with Gasteiger partial charge in [0.2, 0.25) is 11.8 Å². The number of aromatic nitrogens is 2. The molecule has 3 aromatic carbocycles. The van der Waals surface area contributed by atoms with Crippen LogP contribution in [-0.4, -0.2) is 41.3 Å². The van der Waals surface area contributed by atoms with Gasteiger partial charge >= 0.3 is 0 Å². The van der Waals surface area contributed by atoms with E-state index in [9.17, 15) is 0 Å². The molecule has 0 saturated carbocycles. The van der Waals surface area contributed by atoms with Crippen molar-refractivity contribution in [3.63, 3.8) is 0 Å². The molecule has 0 bridgehead atoms. The summed E-state index contributed by atoms with van der Waals surface area (Å²) in [5.74, 6) is 1.13. The van der Waals surface area contributed by atoms with E-state index in [2.05, 4.69) is 76.3 Å². The SMILES string of the molecule is Cc1ccc(N2CCN([C@@H](c3ccccc3)c3nnc(-c4ccc(Cl)cc4)o3)CC2)c(C)c1. The number of halogens is 1. The fourth-order valence-electron chi connectivity index (χ4n) is 4.58. The average molecular weight is 459 g/mol. The molecule has 168 valence electrons. The van der Waals surface area contributed by atoms with E-state index in [4.69, 9.17) is 16.0 Å². The zero-order valence-corrected chi connectivity index (χ0v) is 19.7. The number of nitrogens with zero attached hydrogens (tertiary/aromatic N) is 4. The zero-order valence-electron chi connectivity index (χ0n) is 18.9. The van der Waals surface area contributed by atoms with Gasteiger partial charge in [0.15, 0.2) is 0 Å². The molecular formula is C27H27ClN4O. The Kier molecular flexibility index (Phi) is 6.16. The normalized spacial score (nSPS) is 15.5. The molecule has 33 heavy (non-hydrogen) atoms. The van der Waals surface area contributed by atoms with Crippen LogP contribution in [0.1, 0.15) is 28.6 Å². The third-order valence-corrected chi connectivity index (χ3v) is 6.51. The van der Waals surface area contributed by atoms with E-state index in [0.29, 0.717) is 16.8 Å². The second kappa shape index (κ2) is 9.38. The number of hydrogen-bond acceptors (Lipinski definition) is 5. The first-order chi connectivity index (χ1) is 16.1. The van der Waals surface area contributed by atoms with Crippen LogP contribution in [0.15, 0.2) is 77.2 Å². The lowest BCUT2D eigenvalue weighted by Crippen LogP contribution is -2.48. The van der Waals surface area contributed by atoms with Crippen LogP contribution in [0.4, 0.5) is 5.69 Å². The van der Waals surface area contributed by atoms with Gasteiger partial charge in [-0.05, 0) is 55.3 Å². The molecule has 1 aliphatic rings. The first kappa shape index (κ1) is 21.7. The second-order valence-corrected chi connectivity index (χ2v) is 9.01. The molecule has 5 rings (SSSR count). The molecule has 0 spiro atoms. The van der Waals surface area contributed by atoms with Gasteiger partial charge in [0.1, 0.15) is 6.04 Å². The lowest BCUT2D eigenvalue weighted by molar-refractivity contribution is 0.188. The van der Waals surface area contributed by atoms with Crippen molar-refractivity contribution >= 4 is 17.3 Å². The predicted octanol–water partition coefficient (Wildman–Crippen LogP) is 5.92. The minimum atomic E-state index is -0.0824. The Labute approximate surface area is 199 Å². The number of aryl methyl sites for hydroxylation is 2. The summed E-state index contributed by atoms with van der Waals surface area (Å²) in [7, 11) is 0. The number of hydrogen-bond donors (Lipinski definition) is 0. The molecule has 4 aromatic rings. The Morgan fingerprint density at radius 3 is 2.27 bits per heavy atom. The molecule has 1 atom stereocenters. The molecule has 0 radical (unpaired) electrons. The van der Waals surface area contributed by atoms with E-state index in [0.717, 1.165) is 37.3 Å². The van der Waals surface area contributed by atoms with Crippen molar-refractivity contribution in [1.82, 2.24) is 15.1 Å². The van der Waals surface area contributed by atoms with Crippen molar-refractivity contribution in [2.45, 2.75) is 19.9 Å². The summed E-state index contributed by atoms with van der Waals surface area (Å²) in [6.45, 7) is 8.05. The maximum atomic E-state index is 6.20. The summed E-state index contributed by atoms with van der Waals surface area (Å²) >= 11 is 6.03. The summed E-state index contributed by atoms with van der Waals surface area (Å²) in [5.41, 5.74) is 5.97. The Hall–Kier alpha value is -3.15. The van der Waals surface area contributed by atoms with Gasteiger partial charge in [0.25, 0.3) is 0 Å². The third-order valence-electron chi connectivity index (χ3n) is 6.25. The van der Waals surface area contributed by atoms with Crippen LogP contribution in [-0.2, 0) is 0 Å². The van der Waals surface area contributed by atoms with Gasteiger partial charge < -0.3 is 9.32 Å². The Morgan fingerprint density at radius 1 is 0.848 bits per heavy atom. The fourth-order valence-corrected chi connectivity index (χ4v) is 4.71. The zero-order chi connectivity index (χ0) is 22.8. The highest BCUT2D eigenvalue weighted by Crippen LogP contribution is 2.32. The third kappa shape index (κ3) is 4.65. The standard InChI is InChI=1S/C27H27ClN4O/c1-19-8-13-24(20(2)18-19)31-14-16-32(17-15-31)25(21-6-4-3-5-7-21)27-30-29-26(33-27)22-9-11-23(28)12-10-22/h3-13,18,25H,14-17H2,1-2H3/t25-/m0/s1. The molecule has 6 heteroatoms. The molecule has 0 N–H and O–H groups in total. The fraction of sp³-hybridized carbons (Fsp3) is 0.259. The van der Waals surface area contributed by atoms with Gasteiger partial charge in [-0.25, -0.2) is 0 Å². The summed E-state index contributed by atoms with van der Waals surface area (Å²) in [6.07, 6.45) is 0. The van der Waals surface area contributed by atoms with Gasteiger partial charge in [-0.2, -0.15) is 0 Å². The summed E-state index contributed by atoms with van der Waals surface area (Å²) in [6, 6.07) is 24.5. The van der Waals surface area contributed by atoms with Crippen LogP contribution in [0.3, 0.4) is 0 Å². The highest BCUT2D eigenvalue weighted by atomic mass is 35.5. The van der Waals surface area contributed by atoms with Crippen LogP contribution < -0.4 is 4.90 Å². The van der Waals surface area contributed by atoms with Gasteiger partial charge in [-0.1, -0.05) is 59.6 Å². The lowest BCUT2D eigenvalue weighted by Gasteiger charge is -2.39. The molecule has 1 fully saturated rings. The van der Waals surface area contributed by atoms with Gasteiger partial charge in [-0.3, -0.25) is 4.90 Å². The van der Waals surface area contributed by atoms with E-state index in [1.165, 1.54) is 16.8 Å². The van der Waals surface area contributed by atoms with Gasteiger partial charge in [0, 0.05) is 42.5 Å². The molecule has 2 heterocycles. The van der Waals surface area contributed by atoms with Crippen LogP contribution in [0.25, 0.3) is 11.5 Å². The molecule has 5 nitrogen and oxygen atoms in total. The first-order valence-electron chi connectivity index (χ1n) is 11.3. The largest absolute Gasteiger partial charge is 0.419 e. The highest BCUT2D eigenvalue weighted by Gasteiger charge is 2.31. The smallest absolute Gasteiger partial charge is 0.247 e. The molecule has 1 saturated heterocycles. The minimum absolute atomic E-state index is 0.0824. The van der Waals surface area contributed by atoms with Crippen molar-refractivity contribution in [2.24, 2.45) is 0 Å². The van der Waals surface area contributed by atoms with Crippen molar-refractivity contribution in [1.29, 1.82) is 0 Å². The number of benzene rings is 3. The molecule has 0 unspecified atom stereocenters. The Balaban J connectivity index is 1.40. The van der Waals surface area contributed by atoms with Crippen LogP contribution in [0.2, 0.25) is 5.02 Å². The molecule has 1 aliphatic heterocycles. The Morgan fingerprint density at radius 2 is 1.58 bits per heavy atom. The summed E-state index contributed by atoms with van der Waals surface area (Å²) in [4.78, 5) is 4.91. The van der Waals surface area contributed by atoms with Crippen molar-refractivity contribution in [3.05, 3.63) is 100 Å².